The van der Waals surface area contributed by atoms with E-state index in [4.69, 9.17) is 19.6 Å². The zero-order valence-electron chi connectivity index (χ0n) is 19.4. The minimum atomic E-state index is -1.32. The summed E-state index contributed by atoms with van der Waals surface area (Å²) < 4.78 is 25.0. The van der Waals surface area contributed by atoms with Crippen LogP contribution >= 0.6 is 0 Å². The second kappa shape index (κ2) is 11.6. The number of carbonyl (C=O) groups is 1. The van der Waals surface area contributed by atoms with E-state index in [1.165, 1.54) is 0 Å². The zero-order valence-corrected chi connectivity index (χ0v) is 19.4. The number of nitrogens with zero attached hydrogens (tertiary/aromatic N) is 1. The number of benzene rings is 3. The van der Waals surface area contributed by atoms with Crippen LogP contribution in [0.3, 0.4) is 0 Å². The molecule has 35 heavy (non-hydrogen) atoms. The maximum Gasteiger partial charge on any atom is 0.252 e. The molecule has 0 aromatic heterocycles. The van der Waals surface area contributed by atoms with Crippen LogP contribution in [0.15, 0.2) is 89.9 Å². The summed E-state index contributed by atoms with van der Waals surface area (Å²) in [6, 6.07) is 26.4. The first-order valence-electron chi connectivity index (χ1n) is 11.7. The van der Waals surface area contributed by atoms with Crippen molar-refractivity contribution in [2.75, 3.05) is 26.4 Å². The summed E-state index contributed by atoms with van der Waals surface area (Å²) in [4.78, 5) is 18.5. The number of ether oxygens (including phenoxy) is 2. The highest BCUT2D eigenvalue weighted by Crippen LogP contribution is 2.42. The molecule has 0 fully saturated rings. The molecule has 3 aromatic rings. The largest absolute Gasteiger partial charge is 0.494 e. The minimum Gasteiger partial charge on any atom is -0.494 e. The van der Waals surface area contributed by atoms with Crippen molar-refractivity contribution < 1.29 is 23.8 Å². The van der Waals surface area contributed by atoms with E-state index in [1.54, 1.807) is 12.1 Å². The number of amides is 1. The fourth-order valence-electron chi connectivity index (χ4n) is 4.13. The number of aliphatic imine (C=N–C) groups is 1. The Kier molecular flexibility index (Phi) is 8.11. The van der Waals surface area contributed by atoms with Crippen LogP contribution in [0, 0.1) is 0 Å². The predicted molar refractivity (Wildman–Crippen MR) is 132 cm³/mol. The summed E-state index contributed by atoms with van der Waals surface area (Å²) in [6.07, 6.45) is 0.142. The lowest BCUT2D eigenvalue weighted by Crippen LogP contribution is -2.50. The van der Waals surface area contributed by atoms with Gasteiger partial charge in [-0.2, -0.15) is 0 Å². The van der Waals surface area contributed by atoms with Gasteiger partial charge in [0.15, 0.2) is 11.6 Å². The highest BCUT2D eigenvalue weighted by Gasteiger charge is 2.53. The zero-order chi connectivity index (χ0) is 24.5. The molecule has 1 aliphatic rings. The van der Waals surface area contributed by atoms with Crippen LogP contribution in [0.1, 0.15) is 29.2 Å². The Labute approximate surface area is 204 Å². The Morgan fingerprint density at radius 1 is 1.03 bits per heavy atom. The monoisotopic (exact) mass is 476 g/mol. The van der Waals surface area contributed by atoms with Gasteiger partial charge in [-0.05, 0) is 35.4 Å². The molecule has 0 bridgehead atoms. The van der Waals surface area contributed by atoms with Crippen LogP contribution < -0.4 is 10.1 Å². The Morgan fingerprint density at radius 2 is 1.71 bits per heavy atom. The molecule has 1 heterocycles. The summed E-state index contributed by atoms with van der Waals surface area (Å²) >= 11 is 0. The fourth-order valence-corrected chi connectivity index (χ4v) is 4.13. The van der Waals surface area contributed by atoms with Crippen LogP contribution in [0.5, 0.6) is 5.75 Å². The molecule has 2 N–H and O–H groups in total. The standard InChI is InChI=1S/C28H29FN2O4/c29-16-17-30-27(33)28(20-21-8-3-1-4-9-21)25(22-10-5-2-6-11-22)35-26(31-28)23-12-14-24(15-13-23)34-19-7-18-32/h1-6,8-15,25,32H,7,16-20H2,(H,30,33)/t25-,28-/m1/s1. The first-order valence-corrected chi connectivity index (χ1v) is 11.7. The number of nitrogens with one attached hydrogen (secondary N) is 1. The molecule has 0 radical (unpaired) electrons. The molecule has 0 saturated heterocycles. The second-order valence-corrected chi connectivity index (χ2v) is 8.31. The Balaban J connectivity index is 1.73. The molecular weight excluding hydrogens is 447 g/mol. The Morgan fingerprint density at radius 3 is 2.37 bits per heavy atom. The normalized spacial score (nSPS) is 19.0. The van der Waals surface area contributed by atoms with Crippen molar-refractivity contribution in [3.05, 3.63) is 102 Å². The molecule has 3 aromatic carbocycles. The summed E-state index contributed by atoms with van der Waals surface area (Å²) in [5, 5.41) is 11.6. The third-order valence-electron chi connectivity index (χ3n) is 5.83. The van der Waals surface area contributed by atoms with Gasteiger partial charge in [0.25, 0.3) is 5.91 Å². The van der Waals surface area contributed by atoms with Crippen LogP contribution in [0.4, 0.5) is 4.39 Å². The maximum absolute atomic E-state index is 13.6. The molecule has 0 aliphatic carbocycles. The number of hydrogen-bond donors (Lipinski definition) is 2. The van der Waals surface area contributed by atoms with Gasteiger partial charge in [-0.3, -0.25) is 4.79 Å². The molecule has 7 heteroatoms. The summed E-state index contributed by atoms with van der Waals surface area (Å²) in [5.74, 6) is 0.621. The average Bonchev–Trinajstić information content (AvgIpc) is 3.29. The van der Waals surface area contributed by atoms with Gasteiger partial charge in [-0.25, -0.2) is 9.38 Å². The van der Waals surface area contributed by atoms with Crippen molar-refractivity contribution in [3.8, 4) is 5.75 Å². The number of alkyl halides is 1. The van der Waals surface area contributed by atoms with E-state index in [0.717, 1.165) is 11.1 Å². The third kappa shape index (κ3) is 5.69. The van der Waals surface area contributed by atoms with E-state index in [2.05, 4.69) is 5.32 Å². The second-order valence-electron chi connectivity index (χ2n) is 8.31. The van der Waals surface area contributed by atoms with Crippen LogP contribution in [-0.4, -0.2) is 48.9 Å². The van der Waals surface area contributed by atoms with Gasteiger partial charge in [-0.15, -0.1) is 0 Å². The Bertz CT molecular complexity index is 1120. The molecule has 6 nitrogen and oxygen atoms in total. The van der Waals surface area contributed by atoms with Crippen molar-refractivity contribution >= 4 is 11.8 Å². The molecule has 2 atom stereocenters. The third-order valence-corrected chi connectivity index (χ3v) is 5.83. The summed E-state index contributed by atoms with van der Waals surface area (Å²) in [5.41, 5.74) is 1.11. The van der Waals surface area contributed by atoms with Crippen LogP contribution in [0.25, 0.3) is 0 Å². The quantitative estimate of drug-likeness (QED) is 0.410. The molecule has 4 rings (SSSR count). The van der Waals surface area contributed by atoms with Crippen LogP contribution in [0.2, 0.25) is 0 Å². The molecule has 1 aliphatic heterocycles. The lowest BCUT2D eigenvalue weighted by Gasteiger charge is -2.30. The number of rotatable bonds is 11. The van der Waals surface area contributed by atoms with Crippen molar-refractivity contribution in [2.45, 2.75) is 24.5 Å². The molecule has 0 spiro atoms. The minimum absolute atomic E-state index is 0.0670. The molecule has 1 amide bonds. The molecule has 182 valence electrons. The van der Waals surface area contributed by atoms with E-state index >= 15 is 0 Å². The lowest BCUT2D eigenvalue weighted by molar-refractivity contribution is -0.129. The first-order chi connectivity index (χ1) is 17.2. The van der Waals surface area contributed by atoms with E-state index < -0.39 is 18.3 Å². The van der Waals surface area contributed by atoms with Gasteiger partial charge < -0.3 is 19.9 Å². The van der Waals surface area contributed by atoms with Gasteiger partial charge >= 0.3 is 0 Å². The Hall–Kier alpha value is -3.71. The number of halogens is 1. The van der Waals surface area contributed by atoms with Crippen LogP contribution in [-0.2, 0) is 16.0 Å². The fraction of sp³-hybridized carbons (Fsp3) is 0.286. The molecule has 0 saturated carbocycles. The van der Waals surface area contributed by atoms with E-state index in [1.807, 2.05) is 72.8 Å². The molecule has 0 unspecified atom stereocenters. The van der Waals surface area contributed by atoms with Gasteiger partial charge in [0.2, 0.25) is 5.90 Å². The van der Waals surface area contributed by atoms with Gasteiger partial charge in [0, 0.05) is 31.6 Å². The van der Waals surface area contributed by atoms with Gasteiger partial charge in [-0.1, -0.05) is 60.7 Å². The molecular formula is C28H29FN2O4. The average molecular weight is 477 g/mol. The summed E-state index contributed by atoms with van der Waals surface area (Å²) in [7, 11) is 0. The number of carbonyl (C=O) groups excluding carboxylic acids is 1. The number of aliphatic hydroxyl groups excluding tert-OH is 1. The highest BCUT2D eigenvalue weighted by atomic mass is 19.1. The topological polar surface area (TPSA) is 80.2 Å². The number of aliphatic hydroxyl groups is 1. The van der Waals surface area contributed by atoms with Crippen molar-refractivity contribution in [1.82, 2.24) is 5.32 Å². The highest BCUT2D eigenvalue weighted by molar-refractivity contribution is 6.01. The van der Waals surface area contributed by atoms with Gasteiger partial charge in [0.1, 0.15) is 12.4 Å². The lowest BCUT2D eigenvalue weighted by atomic mass is 9.82. The van der Waals surface area contributed by atoms with Crippen molar-refractivity contribution in [3.63, 3.8) is 0 Å². The van der Waals surface area contributed by atoms with E-state index in [-0.39, 0.29) is 25.5 Å². The van der Waals surface area contributed by atoms with E-state index in [9.17, 15) is 9.18 Å². The number of hydrogen-bond acceptors (Lipinski definition) is 5. The van der Waals surface area contributed by atoms with Crippen molar-refractivity contribution in [2.24, 2.45) is 4.99 Å². The smallest absolute Gasteiger partial charge is 0.252 e. The van der Waals surface area contributed by atoms with Gasteiger partial charge in [0.05, 0.1) is 6.61 Å². The first kappa shape index (κ1) is 24.4. The maximum atomic E-state index is 13.6. The SMILES string of the molecule is O=C(NCCF)[C@]1(Cc2ccccc2)N=C(c2ccc(OCCCO)cc2)O[C@@H]1c1ccccc1. The van der Waals surface area contributed by atoms with Crippen molar-refractivity contribution in [1.29, 1.82) is 0 Å². The predicted octanol–water partition coefficient (Wildman–Crippen LogP) is 4.03. The summed E-state index contributed by atoms with van der Waals surface area (Å²) in [6.45, 7) is -0.282. The van der Waals surface area contributed by atoms with E-state index in [0.29, 0.717) is 30.2 Å².